The second-order valence-corrected chi connectivity index (χ2v) is 5.87. The van der Waals surface area contributed by atoms with Crippen LogP contribution in [0.2, 0.25) is 5.02 Å². The first-order valence-corrected chi connectivity index (χ1v) is 8.19. The minimum Gasteiger partial charge on any atom is -0.306 e. The van der Waals surface area contributed by atoms with Gasteiger partial charge in [-0.3, -0.25) is 9.48 Å². The number of hydrogen-bond acceptors (Lipinski definition) is 3. The van der Waals surface area contributed by atoms with Crippen LogP contribution in [0.25, 0.3) is 6.08 Å². The van der Waals surface area contributed by atoms with Crippen LogP contribution < -0.4 is 5.32 Å². The van der Waals surface area contributed by atoms with Crippen molar-refractivity contribution in [3.05, 3.63) is 53.2 Å². The molecule has 0 atom stereocenters. The highest BCUT2D eigenvalue weighted by Gasteiger charge is 2.03. The molecule has 24 heavy (non-hydrogen) atoms. The number of halogens is 1. The molecule has 0 unspecified atom stereocenters. The lowest BCUT2D eigenvalue weighted by atomic mass is 10.2. The molecule has 0 aliphatic carbocycles. The Morgan fingerprint density at radius 1 is 1.25 bits per heavy atom. The Morgan fingerprint density at radius 3 is 2.79 bits per heavy atom. The van der Waals surface area contributed by atoms with Crippen LogP contribution in [-0.2, 0) is 16.1 Å². The van der Waals surface area contributed by atoms with E-state index < -0.39 is 0 Å². The zero-order valence-corrected chi connectivity index (χ0v) is 14.3. The first-order valence-electron chi connectivity index (χ1n) is 7.81. The standard InChI is InChI=1S/C18H20ClN3O2/c1-14(23)6-4-5-12-22-13-11-17(21-22)20-18(24)10-9-15-7-2-3-8-16(15)19/h2-3,7-11,13H,4-6,12H2,1H3,(H,20,21,24)/b10-9+. The van der Waals surface area contributed by atoms with E-state index in [0.29, 0.717) is 17.3 Å². The highest BCUT2D eigenvalue weighted by atomic mass is 35.5. The van der Waals surface area contributed by atoms with E-state index in [-0.39, 0.29) is 11.7 Å². The van der Waals surface area contributed by atoms with E-state index in [1.54, 1.807) is 36.0 Å². The largest absolute Gasteiger partial charge is 0.306 e. The van der Waals surface area contributed by atoms with Crippen molar-refractivity contribution in [3.63, 3.8) is 0 Å². The number of carbonyl (C=O) groups excluding carboxylic acids is 2. The predicted octanol–water partition coefficient (Wildman–Crippen LogP) is 3.95. The van der Waals surface area contributed by atoms with Crippen LogP contribution in [0.3, 0.4) is 0 Å². The summed E-state index contributed by atoms with van der Waals surface area (Å²) in [7, 11) is 0. The van der Waals surface area contributed by atoms with Crippen molar-refractivity contribution in [3.8, 4) is 0 Å². The molecule has 126 valence electrons. The van der Waals surface area contributed by atoms with Gasteiger partial charge in [0.2, 0.25) is 5.91 Å². The van der Waals surface area contributed by atoms with Crippen LogP contribution in [0.1, 0.15) is 31.7 Å². The minimum absolute atomic E-state index is 0.203. The van der Waals surface area contributed by atoms with Crippen LogP contribution in [0.4, 0.5) is 5.82 Å². The molecule has 6 heteroatoms. The molecule has 0 aliphatic heterocycles. The smallest absolute Gasteiger partial charge is 0.249 e. The van der Waals surface area contributed by atoms with E-state index in [9.17, 15) is 9.59 Å². The minimum atomic E-state index is -0.267. The molecule has 0 saturated heterocycles. The molecule has 2 aromatic rings. The van der Waals surface area contributed by atoms with Crippen molar-refractivity contribution >= 4 is 35.2 Å². The molecule has 0 bridgehead atoms. The third-order valence-electron chi connectivity index (χ3n) is 3.38. The molecule has 5 nitrogen and oxygen atoms in total. The summed E-state index contributed by atoms with van der Waals surface area (Å²) in [6, 6.07) is 9.04. The van der Waals surface area contributed by atoms with Crippen molar-refractivity contribution in [2.24, 2.45) is 0 Å². The Kier molecular flexibility index (Phi) is 6.75. The Bertz CT molecular complexity index is 737. The molecule has 2 rings (SSSR count). The molecule has 0 spiro atoms. The Labute approximate surface area is 146 Å². The average Bonchev–Trinajstić information content (AvgIpc) is 2.98. The second-order valence-electron chi connectivity index (χ2n) is 5.47. The summed E-state index contributed by atoms with van der Waals surface area (Å²) < 4.78 is 1.76. The molecule has 0 radical (unpaired) electrons. The van der Waals surface area contributed by atoms with Crippen molar-refractivity contribution in [1.29, 1.82) is 0 Å². The maximum absolute atomic E-state index is 11.9. The van der Waals surface area contributed by atoms with Crippen molar-refractivity contribution in [2.45, 2.75) is 32.7 Å². The van der Waals surface area contributed by atoms with Crippen LogP contribution in [-0.4, -0.2) is 21.5 Å². The van der Waals surface area contributed by atoms with Gasteiger partial charge in [-0.2, -0.15) is 5.10 Å². The van der Waals surface area contributed by atoms with E-state index >= 15 is 0 Å². The monoisotopic (exact) mass is 345 g/mol. The second kappa shape index (κ2) is 9.03. The lowest BCUT2D eigenvalue weighted by Gasteiger charge is -2.01. The van der Waals surface area contributed by atoms with Gasteiger partial charge in [0.15, 0.2) is 5.82 Å². The molecule has 1 amide bonds. The molecule has 1 heterocycles. The van der Waals surface area contributed by atoms with Crippen molar-refractivity contribution < 1.29 is 9.59 Å². The number of Topliss-reactive ketones (excluding diaryl/α,β-unsaturated/α-hetero) is 1. The molecule has 1 N–H and O–H groups in total. The number of aryl methyl sites for hydroxylation is 1. The van der Waals surface area contributed by atoms with Crippen LogP contribution >= 0.6 is 11.6 Å². The number of rotatable bonds is 8. The fourth-order valence-electron chi connectivity index (χ4n) is 2.14. The van der Waals surface area contributed by atoms with Crippen molar-refractivity contribution in [2.75, 3.05) is 5.32 Å². The van der Waals surface area contributed by atoms with Crippen molar-refractivity contribution in [1.82, 2.24) is 9.78 Å². The number of anilines is 1. The van der Waals surface area contributed by atoms with Crippen LogP contribution in [0.15, 0.2) is 42.6 Å². The van der Waals surface area contributed by atoms with Gasteiger partial charge >= 0.3 is 0 Å². The van der Waals surface area contributed by atoms with Crippen LogP contribution in [0.5, 0.6) is 0 Å². The Hall–Kier alpha value is -2.40. The van der Waals surface area contributed by atoms with Gasteiger partial charge in [-0.25, -0.2) is 0 Å². The SMILES string of the molecule is CC(=O)CCCCn1ccc(NC(=O)/C=C/c2ccccc2Cl)n1. The number of hydrogen-bond donors (Lipinski definition) is 1. The molecule has 0 aliphatic rings. The summed E-state index contributed by atoms with van der Waals surface area (Å²) in [4.78, 5) is 22.8. The molecule has 0 saturated carbocycles. The third-order valence-corrected chi connectivity index (χ3v) is 3.72. The fraction of sp³-hybridized carbons (Fsp3) is 0.278. The lowest BCUT2D eigenvalue weighted by molar-refractivity contribution is -0.117. The molecular formula is C18H20ClN3O2. The van der Waals surface area contributed by atoms with Gasteiger partial charge < -0.3 is 10.1 Å². The lowest BCUT2D eigenvalue weighted by Crippen LogP contribution is -2.09. The Morgan fingerprint density at radius 2 is 2.04 bits per heavy atom. The van der Waals surface area contributed by atoms with Gasteiger partial charge in [0.1, 0.15) is 5.78 Å². The number of nitrogens with zero attached hydrogens (tertiary/aromatic N) is 2. The molecule has 1 aromatic carbocycles. The number of amides is 1. The zero-order chi connectivity index (χ0) is 17.4. The summed E-state index contributed by atoms with van der Waals surface area (Å²) >= 11 is 6.03. The number of benzene rings is 1. The predicted molar refractivity (Wildman–Crippen MR) is 95.9 cm³/mol. The maximum Gasteiger partial charge on any atom is 0.249 e. The molecule has 1 aromatic heterocycles. The van der Waals surface area contributed by atoms with Gasteiger partial charge in [0.25, 0.3) is 0 Å². The van der Waals surface area contributed by atoms with Gasteiger partial charge in [-0.05, 0) is 37.5 Å². The quantitative estimate of drug-likeness (QED) is 0.582. The van der Waals surface area contributed by atoms with E-state index in [1.165, 1.54) is 6.08 Å². The van der Waals surface area contributed by atoms with Gasteiger partial charge in [0.05, 0.1) is 0 Å². The van der Waals surface area contributed by atoms with Gasteiger partial charge in [-0.15, -0.1) is 0 Å². The summed E-state index contributed by atoms with van der Waals surface area (Å²) in [6.45, 7) is 2.32. The van der Waals surface area contributed by atoms with E-state index in [2.05, 4.69) is 10.4 Å². The topological polar surface area (TPSA) is 64.0 Å². The van der Waals surface area contributed by atoms with Crippen LogP contribution in [0, 0.1) is 0 Å². The number of aromatic nitrogens is 2. The first kappa shape index (κ1) is 17.9. The maximum atomic E-state index is 11.9. The van der Waals surface area contributed by atoms with E-state index in [4.69, 9.17) is 11.6 Å². The average molecular weight is 346 g/mol. The number of nitrogens with one attached hydrogen (secondary N) is 1. The highest BCUT2D eigenvalue weighted by Crippen LogP contribution is 2.16. The first-order chi connectivity index (χ1) is 11.5. The van der Waals surface area contributed by atoms with Gasteiger partial charge in [0, 0.05) is 36.3 Å². The normalized spacial score (nSPS) is 10.9. The van der Waals surface area contributed by atoms with Gasteiger partial charge in [-0.1, -0.05) is 29.8 Å². The summed E-state index contributed by atoms with van der Waals surface area (Å²) in [6.07, 6.45) is 7.21. The number of ketones is 1. The number of unbranched alkanes of at least 4 members (excludes halogenated alkanes) is 1. The zero-order valence-electron chi connectivity index (χ0n) is 13.5. The summed E-state index contributed by atoms with van der Waals surface area (Å²) in [5.74, 6) is 0.431. The fourth-order valence-corrected chi connectivity index (χ4v) is 2.34. The number of carbonyl (C=O) groups is 2. The summed E-state index contributed by atoms with van der Waals surface area (Å²) in [5, 5.41) is 7.58. The molecular weight excluding hydrogens is 326 g/mol. The molecule has 0 fully saturated rings. The van der Waals surface area contributed by atoms with E-state index in [0.717, 1.165) is 24.9 Å². The Balaban J connectivity index is 1.82. The highest BCUT2D eigenvalue weighted by molar-refractivity contribution is 6.32. The van der Waals surface area contributed by atoms with E-state index in [1.807, 2.05) is 18.2 Å². The summed E-state index contributed by atoms with van der Waals surface area (Å²) in [5.41, 5.74) is 0.783. The third kappa shape index (κ3) is 6.01.